The van der Waals surface area contributed by atoms with E-state index in [0.29, 0.717) is 12.5 Å². The van der Waals surface area contributed by atoms with Crippen molar-refractivity contribution in [2.24, 2.45) is 23.5 Å². The summed E-state index contributed by atoms with van der Waals surface area (Å²) in [5, 5.41) is 6.36. The Hall–Kier alpha value is -1.10. The minimum atomic E-state index is 0.0995. The molecule has 0 aromatic rings. The first-order chi connectivity index (χ1) is 11.2. The lowest BCUT2D eigenvalue weighted by Crippen LogP contribution is -2.47. The first-order valence-electron chi connectivity index (χ1n) is 9.48. The van der Waals surface area contributed by atoms with Gasteiger partial charge >= 0.3 is 0 Å². The predicted octanol–water partition coefficient (Wildman–Crippen LogP) is 1.71. The Kier molecular flexibility index (Phi) is 5.57. The largest absolute Gasteiger partial charge is 0.353 e. The van der Waals surface area contributed by atoms with Crippen molar-refractivity contribution in [1.82, 2.24) is 10.6 Å². The Morgan fingerprint density at radius 3 is 2.04 bits per heavy atom. The molecule has 3 fully saturated rings. The topological polar surface area (TPSA) is 84.2 Å². The zero-order valence-electron chi connectivity index (χ0n) is 14.1. The Labute approximate surface area is 139 Å². The molecule has 1 atom stereocenters. The standard InChI is InChI=1S/C18H31N3O2/c19-11-16(12-5-6-12)21-18(23)14-7-9-15(10-8-14)20-17(22)13-3-1-2-4-13/h12-16H,1-11,19H2,(H,20,22)(H,21,23). The van der Waals surface area contributed by atoms with Crippen LogP contribution in [0.25, 0.3) is 0 Å². The fourth-order valence-corrected chi connectivity index (χ4v) is 4.18. The molecule has 0 radical (unpaired) electrons. The lowest BCUT2D eigenvalue weighted by Gasteiger charge is -2.30. The molecule has 0 aromatic heterocycles. The second-order valence-corrected chi connectivity index (χ2v) is 7.73. The first-order valence-corrected chi connectivity index (χ1v) is 9.48. The van der Waals surface area contributed by atoms with Crippen LogP contribution in [0, 0.1) is 17.8 Å². The van der Waals surface area contributed by atoms with Gasteiger partial charge in [-0.15, -0.1) is 0 Å². The van der Waals surface area contributed by atoms with Crippen LogP contribution in [0.5, 0.6) is 0 Å². The van der Waals surface area contributed by atoms with Gasteiger partial charge in [0.1, 0.15) is 0 Å². The van der Waals surface area contributed by atoms with E-state index in [1.54, 1.807) is 0 Å². The van der Waals surface area contributed by atoms with Crippen molar-refractivity contribution < 1.29 is 9.59 Å². The normalized spacial score (nSPS) is 30.0. The van der Waals surface area contributed by atoms with Gasteiger partial charge in [0.05, 0.1) is 0 Å². The van der Waals surface area contributed by atoms with Gasteiger partial charge in [0.25, 0.3) is 0 Å². The summed E-state index contributed by atoms with van der Waals surface area (Å²) in [4.78, 5) is 24.6. The van der Waals surface area contributed by atoms with Crippen LogP contribution in [0.1, 0.15) is 64.2 Å². The minimum Gasteiger partial charge on any atom is -0.353 e. The monoisotopic (exact) mass is 321 g/mol. The fourth-order valence-electron chi connectivity index (χ4n) is 4.18. The van der Waals surface area contributed by atoms with Crippen LogP contribution >= 0.6 is 0 Å². The number of carbonyl (C=O) groups excluding carboxylic acids is 2. The molecule has 0 bridgehead atoms. The second kappa shape index (κ2) is 7.65. The number of carbonyl (C=O) groups is 2. The number of nitrogens with two attached hydrogens (primary N) is 1. The lowest BCUT2D eigenvalue weighted by atomic mass is 9.85. The van der Waals surface area contributed by atoms with E-state index >= 15 is 0 Å². The summed E-state index contributed by atoms with van der Waals surface area (Å²) in [7, 11) is 0. The molecule has 2 amide bonds. The van der Waals surface area contributed by atoms with E-state index < -0.39 is 0 Å². The van der Waals surface area contributed by atoms with E-state index in [9.17, 15) is 9.59 Å². The van der Waals surface area contributed by atoms with Crippen molar-refractivity contribution >= 4 is 11.8 Å². The van der Waals surface area contributed by atoms with Gasteiger partial charge in [0.2, 0.25) is 11.8 Å². The average Bonchev–Trinajstić information content (AvgIpc) is 3.26. The van der Waals surface area contributed by atoms with Crippen molar-refractivity contribution in [3.63, 3.8) is 0 Å². The maximum absolute atomic E-state index is 12.4. The molecule has 3 aliphatic carbocycles. The minimum absolute atomic E-state index is 0.0995. The van der Waals surface area contributed by atoms with E-state index in [-0.39, 0.29) is 35.7 Å². The molecule has 3 rings (SSSR count). The molecule has 1 unspecified atom stereocenters. The van der Waals surface area contributed by atoms with E-state index in [1.165, 1.54) is 25.7 Å². The molecule has 3 aliphatic rings. The van der Waals surface area contributed by atoms with Crippen molar-refractivity contribution in [3.05, 3.63) is 0 Å². The van der Waals surface area contributed by atoms with Gasteiger partial charge in [0.15, 0.2) is 0 Å². The molecular weight excluding hydrogens is 290 g/mol. The fraction of sp³-hybridized carbons (Fsp3) is 0.889. The maximum atomic E-state index is 12.4. The highest BCUT2D eigenvalue weighted by Crippen LogP contribution is 2.33. The molecule has 0 spiro atoms. The summed E-state index contributed by atoms with van der Waals surface area (Å²) in [6.45, 7) is 0.545. The van der Waals surface area contributed by atoms with Crippen LogP contribution < -0.4 is 16.4 Å². The van der Waals surface area contributed by atoms with Crippen LogP contribution in [-0.4, -0.2) is 30.4 Å². The number of rotatable bonds is 6. The van der Waals surface area contributed by atoms with E-state index in [4.69, 9.17) is 5.73 Å². The predicted molar refractivity (Wildman–Crippen MR) is 89.6 cm³/mol. The molecule has 4 N–H and O–H groups in total. The van der Waals surface area contributed by atoms with Crippen molar-refractivity contribution in [3.8, 4) is 0 Å². The van der Waals surface area contributed by atoms with E-state index in [2.05, 4.69) is 10.6 Å². The van der Waals surface area contributed by atoms with Gasteiger partial charge in [0, 0.05) is 30.5 Å². The first kappa shape index (κ1) is 16.7. The summed E-state index contributed by atoms with van der Waals surface area (Å²) in [5.74, 6) is 1.36. The Morgan fingerprint density at radius 2 is 1.48 bits per heavy atom. The number of hydrogen-bond acceptors (Lipinski definition) is 3. The summed E-state index contributed by atoms with van der Waals surface area (Å²) in [6.07, 6.45) is 10.5. The molecule has 0 saturated heterocycles. The Balaban J connectivity index is 1.39. The quantitative estimate of drug-likeness (QED) is 0.696. The molecule has 5 nitrogen and oxygen atoms in total. The third kappa shape index (κ3) is 4.46. The van der Waals surface area contributed by atoms with Gasteiger partial charge in [-0.1, -0.05) is 12.8 Å². The van der Waals surface area contributed by atoms with Crippen molar-refractivity contribution in [1.29, 1.82) is 0 Å². The molecule has 0 heterocycles. The van der Waals surface area contributed by atoms with Crippen LogP contribution in [0.4, 0.5) is 0 Å². The number of nitrogens with one attached hydrogen (secondary N) is 2. The summed E-state index contributed by atoms with van der Waals surface area (Å²) in [6, 6.07) is 0.434. The number of amides is 2. The van der Waals surface area contributed by atoms with Crippen LogP contribution in [0.2, 0.25) is 0 Å². The van der Waals surface area contributed by atoms with Crippen LogP contribution in [0.3, 0.4) is 0 Å². The second-order valence-electron chi connectivity index (χ2n) is 7.73. The molecule has 0 aromatic carbocycles. The Bertz CT molecular complexity index is 422. The maximum Gasteiger partial charge on any atom is 0.223 e. The highest BCUT2D eigenvalue weighted by atomic mass is 16.2. The van der Waals surface area contributed by atoms with E-state index in [1.807, 2.05) is 0 Å². The molecular formula is C18H31N3O2. The van der Waals surface area contributed by atoms with Crippen LogP contribution in [-0.2, 0) is 9.59 Å². The summed E-state index contributed by atoms with van der Waals surface area (Å²) in [5.41, 5.74) is 5.77. The third-order valence-corrected chi connectivity index (χ3v) is 5.94. The van der Waals surface area contributed by atoms with Gasteiger partial charge < -0.3 is 16.4 Å². The average molecular weight is 321 g/mol. The summed E-state index contributed by atoms with van der Waals surface area (Å²) >= 11 is 0. The molecule has 23 heavy (non-hydrogen) atoms. The van der Waals surface area contributed by atoms with Crippen molar-refractivity contribution in [2.75, 3.05) is 6.54 Å². The SMILES string of the molecule is NCC(NC(=O)C1CCC(NC(=O)C2CCCC2)CC1)C1CC1. The molecule has 0 aliphatic heterocycles. The molecule has 3 saturated carbocycles. The zero-order chi connectivity index (χ0) is 16.2. The van der Waals surface area contributed by atoms with Gasteiger partial charge in [-0.25, -0.2) is 0 Å². The molecule has 130 valence electrons. The summed E-state index contributed by atoms with van der Waals surface area (Å²) < 4.78 is 0. The Morgan fingerprint density at radius 1 is 0.870 bits per heavy atom. The van der Waals surface area contributed by atoms with E-state index in [0.717, 1.165) is 38.5 Å². The number of hydrogen-bond donors (Lipinski definition) is 3. The highest BCUT2D eigenvalue weighted by Gasteiger charge is 2.34. The molecule has 5 heteroatoms. The lowest BCUT2D eigenvalue weighted by molar-refractivity contribution is -0.127. The third-order valence-electron chi connectivity index (χ3n) is 5.94. The zero-order valence-corrected chi connectivity index (χ0v) is 14.1. The van der Waals surface area contributed by atoms with Crippen LogP contribution in [0.15, 0.2) is 0 Å². The van der Waals surface area contributed by atoms with Gasteiger partial charge in [-0.3, -0.25) is 9.59 Å². The smallest absolute Gasteiger partial charge is 0.223 e. The van der Waals surface area contributed by atoms with Crippen molar-refractivity contribution in [2.45, 2.75) is 76.3 Å². The van der Waals surface area contributed by atoms with Gasteiger partial charge in [-0.05, 0) is 57.3 Å². The highest BCUT2D eigenvalue weighted by molar-refractivity contribution is 5.80. The van der Waals surface area contributed by atoms with Gasteiger partial charge in [-0.2, -0.15) is 0 Å².